The van der Waals surface area contributed by atoms with Gasteiger partial charge < -0.3 is 19.9 Å². The number of nitrogens with one attached hydrogen (secondary N) is 1. The Morgan fingerprint density at radius 2 is 1.81 bits per heavy atom. The molecule has 0 aromatic heterocycles. The highest BCUT2D eigenvalue weighted by Gasteiger charge is 2.42. The predicted molar refractivity (Wildman–Crippen MR) is 133 cm³/mol. The van der Waals surface area contributed by atoms with Gasteiger partial charge in [-0.25, -0.2) is 4.39 Å². The molecule has 0 bridgehead atoms. The number of nitrogens with zero attached hydrogens (tertiary/aromatic N) is 2. The van der Waals surface area contributed by atoms with E-state index in [2.05, 4.69) is 10.2 Å². The van der Waals surface area contributed by atoms with Crippen LogP contribution in [0.15, 0.2) is 66.7 Å². The molecule has 1 amide bonds. The SMILES string of the molecule is COc1ccc(N2CCN3c4ccc(C(F)(F)F)cc4C[C@@H](C(=O)NCc4ccccc4F)[C@H]3C2)cc1. The average molecular weight is 514 g/mol. The van der Waals surface area contributed by atoms with Crippen molar-refractivity contribution in [2.24, 2.45) is 5.92 Å². The van der Waals surface area contributed by atoms with Gasteiger partial charge in [-0.3, -0.25) is 4.79 Å². The molecule has 1 saturated heterocycles. The van der Waals surface area contributed by atoms with E-state index in [-0.39, 0.29) is 24.9 Å². The second-order valence-corrected chi connectivity index (χ2v) is 9.37. The summed E-state index contributed by atoms with van der Waals surface area (Å²) in [7, 11) is 1.60. The van der Waals surface area contributed by atoms with Crippen LogP contribution >= 0.6 is 0 Å². The number of hydrogen-bond acceptors (Lipinski definition) is 4. The van der Waals surface area contributed by atoms with Crippen molar-refractivity contribution in [3.63, 3.8) is 0 Å². The summed E-state index contributed by atoms with van der Waals surface area (Å²) in [6.45, 7) is 1.72. The van der Waals surface area contributed by atoms with Gasteiger partial charge in [0, 0.05) is 43.1 Å². The number of benzene rings is 3. The molecule has 5 nitrogen and oxygen atoms in total. The Morgan fingerprint density at radius 1 is 1.05 bits per heavy atom. The number of hydrogen-bond donors (Lipinski definition) is 1. The first-order chi connectivity index (χ1) is 17.7. The van der Waals surface area contributed by atoms with Crippen LogP contribution in [-0.4, -0.2) is 38.7 Å². The third-order valence-electron chi connectivity index (χ3n) is 7.22. The molecule has 2 heterocycles. The van der Waals surface area contributed by atoms with Gasteiger partial charge in [0.25, 0.3) is 0 Å². The van der Waals surface area contributed by atoms with Gasteiger partial charge in [-0.2, -0.15) is 13.2 Å². The number of anilines is 2. The lowest BCUT2D eigenvalue weighted by Crippen LogP contribution is -2.61. The molecule has 2 aliphatic rings. The molecule has 3 aromatic carbocycles. The molecule has 3 aromatic rings. The smallest absolute Gasteiger partial charge is 0.416 e. The Labute approximate surface area is 212 Å². The van der Waals surface area contributed by atoms with E-state index >= 15 is 0 Å². The van der Waals surface area contributed by atoms with Crippen LogP contribution in [0, 0.1) is 11.7 Å². The van der Waals surface area contributed by atoms with E-state index < -0.39 is 23.5 Å². The number of piperazine rings is 1. The van der Waals surface area contributed by atoms with E-state index in [1.54, 1.807) is 25.3 Å². The first-order valence-electron chi connectivity index (χ1n) is 12.1. The normalized spacial score (nSPS) is 19.2. The number of methoxy groups -OCH3 is 1. The molecule has 0 spiro atoms. The summed E-state index contributed by atoms with van der Waals surface area (Å²) in [6.07, 6.45) is -4.30. The molecule has 5 rings (SSSR count). The van der Waals surface area contributed by atoms with Gasteiger partial charge in [0.15, 0.2) is 0 Å². The largest absolute Gasteiger partial charge is 0.497 e. The van der Waals surface area contributed by atoms with Gasteiger partial charge in [0.2, 0.25) is 5.91 Å². The zero-order chi connectivity index (χ0) is 26.2. The van der Waals surface area contributed by atoms with Crippen LogP contribution in [0.1, 0.15) is 16.7 Å². The highest BCUT2D eigenvalue weighted by Crippen LogP contribution is 2.40. The fourth-order valence-electron chi connectivity index (χ4n) is 5.28. The van der Waals surface area contributed by atoms with E-state index in [1.165, 1.54) is 12.1 Å². The van der Waals surface area contributed by atoms with E-state index in [9.17, 15) is 22.4 Å². The van der Waals surface area contributed by atoms with Crippen LogP contribution in [0.5, 0.6) is 5.75 Å². The first kappa shape index (κ1) is 24.9. The lowest BCUT2D eigenvalue weighted by atomic mass is 9.82. The minimum atomic E-state index is -4.47. The molecular formula is C28H27F4N3O2. The van der Waals surface area contributed by atoms with Crippen molar-refractivity contribution in [1.82, 2.24) is 5.32 Å². The summed E-state index contributed by atoms with van der Waals surface area (Å²) in [5, 5.41) is 2.83. The Bertz CT molecular complexity index is 1280. The molecule has 9 heteroatoms. The quantitative estimate of drug-likeness (QED) is 0.486. The van der Waals surface area contributed by atoms with E-state index in [0.717, 1.165) is 29.3 Å². The van der Waals surface area contributed by atoms with Crippen LogP contribution in [0.3, 0.4) is 0 Å². The maximum Gasteiger partial charge on any atom is 0.416 e. The minimum absolute atomic E-state index is 0.00632. The zero-order valence-electron chi connectivity index (χ0n) is 20.3. The summed E-state index contributed by atoms with van der Waals surface area (Å²) in [5.74, 6) is -0.599. The van der Waals surface area contributed by atoms with Crippen LogP contribution in [0.25, 0.3) is 0 Å². The fourth-order valence-corrected chi connectivity index (χ4v) is 5.28. The second-order valence-electron chi connectivity index (χ2n) is 9.37. The van der Waals surface area contributed by atoms with Gasteiger partial charge in [-0.15, -0.1) is 0 Å². The molecule has 2 aliphatic heterocycles. The third-order valence-corrected chi connectivity index (χ3v) is 7.22. The summed E-state index contributed by atoms with van der Waals surface area (Å²) in [5.41, 5.74) is 1.82. The molecule has 1 N–H and O–H groups in total. The zero-order valence-corrected chi connectivity index (χ0v) is 20.3. The number of alkyl halides is 3. The van der Waals surface area contributed by atoms with Gasteiger partial charge in [0.1, 0.15) is 11.6 Å². The van der Waals surface area contributed by atoms with Crippen LogP contribution in [0.2, 0.25) is 0 Å². The molecule has 0 aliphatic carbocycles. The Hall–Kier alpha value is -3.75. The van der Waals surface area contributed by atoms with E-state index in [1.807, 2.05) is 29.2 Å². The molecular weight excluding hydrogens is 486 g/mol. The Kier molecular flexibility index (Phi) is 6.70. The monoisotopic (exact) mass is 513 g/mol. The van der Waals surface area contributed by atoms with Gasteiger partial charge in [-0.05, 0) is 60.5 Å². The maximum absolute atomic E-state index is 14.1. The number of carbonyl (C=O) groups excluding carboxylic acids is 1. The van der Waals surface area contributed by atoms with Crippen LogP contribution < -0.4 is 19.9 Å². The maximum atomic E-state index is 14.1. The van der Waals surface area contributed by atoms with Gasteiger partial charge in [-0.1, -0.05) is 18.2 Å². The topological polar surface area (TPSA) is 44.8 Å². The van der Waals surface area contributed by atoms with Crippen molar-refractivity contribution in [1.29, 1.82) is 0 Å². The van der Waals surface area contributed by atoms with E-state index in [0.29, 0.717) is 30.8 Å². The number of carbonyl (C=O) groups is 1. The first-order valence-corrected chi connectivity index (χ1v) is 12.1. The lowest BCUT2D eigenvalue weighted by Gasteiger charge is -2.49. The van der Waals surface area contributed by atoms with Crippen molar-refractivity contribution < 1.29 is 27.1 Å². The molecule has 194 valence electrons. The van der Waals surface area contributed by atoms with Crippen molar-refractivity contribution in [3.05, 3.63) is 89.2 Å². The number of rotatable bonds is 5. The number of fused-ring (bicyclic) bond motifs is 3. The molecule has 2 atom stereocenters. The van der Waals surface area contributed by atoms with Gasteiger partial charge in [0.05, 0.1) is 24.6 Å². The Balaban J connectivity index is 1.44. The number of amides is 1. The third kappa shape index (κ3) is 5.08. The van der Waals surface area contributed by atoms with Gasteiger partial charge >= 0.3 is 6.18 Å². The minimum Gasteiger partial charge on any atom is -0.497 e. The summed E-state index contributed by atoms with van der Waals surface area (Å²) in [4.78, 5) is 17.7. The molecule has 0 saturated carbocycles. The molecule has 0 unspecified atom stereocenters. The molecule has 1 fully saturated rings. The highest BCUT2D eigenvalue weighted by atomic mass is 19.4. The van der Waals surface area contributed by atoms with Crippen LogP contribution in [-0.2, 0) is 23.9 Å². The standard InChI is InChI=1S/C28H27F4N3O2/c1-37-22-9-7-21(8-10-22)34-12-13-35-25-11-6-20(28(30,31)32)14-19(25)15-23(26(35)17-34)27(36)33-16-18-4-2-3-5-24(18)29/h2-11,14,23,26H,12-13,15-17H2,1H3,(H,33,36)/t23-,26-/m1/s1. The number of ether oxygens (including phenoxy) is 1. The second kappa shape index (κ2) is 9.95. The average Bonchev–Trinajstić information content (AvgIpc) is 2.91. The Morgan fingerprint density at radius 3 is 2.51 bits per heavy atom. The molecule has 37 heavy (non-hydrogen) atoms. The summed E-state index contributed by atoms with van der Waals surface area (Å²) >= 11 is 0. The van der Waals surface area contributed by atoms with E-state index in [4.69, 9.17) is 4.74 Å². The number of halogens is 4. The van der Waals surface area contributed by atoms with Crippen molar-refractivity contribution in [2.45, 2.75) is 25.2 Å². The summed E-state index contributed by atoms with van der Waals surface area (Å²) in [6, 6.07) is 17.3. The van der Waals surface area contributed by atoms with Crippen molar-refractivity contribution in [2.75, 3.05) is 36.5 Å². The van der Waals surface area contributed by atoms with Crippen molar-refractivity contribution in [3.8, 4) is 5.75 Å². The summed E-state index contributed by atoms with van der Waals surface area (Å²) < 4.78 is 59.7. The molecule has 0 radical (unpaired) electrons. The predicted octanol–water partition coefficient (Wildman–Crippen LogP) is 5.04. The van der Waals surface area contributed by atoms with Crippen LogP contribution in [0.4, 0.5) is 28.9 Å². The van der Waals surface area contributed by atoms with Crippen molar-refractivity contribution >= 4 is 17.3 Å². The highest BCUT2D eigenvalue weighted by molar-refractivity contribution is 5.82. The fraction of sp³-hybridized carbons (Fsp3) is 0.321. The lowest BCUT2D eigenvalue weighted by molar-refractivity contribution is -0.137.